The third kappa shape index (κ3) is 3.21. The Bertz CT molecular complexity index is 412. The van der Waals surface area contributed by atoms with Gasteiger partial charge in [0.1, 0.15) is 5.82 Å². The molecule has 1 saturated heterocycles. The van der Waals surface area contributed by atoms with Crippen LogP contribution in [0.1, 0.15) is 38.8 Å². The number of likely N-dealkylation sites (N-methyl/N-ethyl adjacent to an activating group) is 1. The van der Waals surface area contributed by atoms with Gasteiger partial charge in [-0.2, -0.15) is 5.10 Å². The van der Waals surface area contributed by atoms with Crippen LogP contribution in [0.5, 0.6) is 0 Å². The van der Waals surface area contributed by atoms with Crippen molar-refractivity contribution in [1.82, 2.24) is 14.7 Å². The molecule has 0 aromatic carbocycles. The topological polar surface area (TPSA) is 59.1 Å². The fraction of sp³-hybridized carbons (Fsp3) is 0.786. The molecule has 0 bridgehead atoms. The molecule has 1 aromatic heterocycles. The molecule has 5 heteroatoms. The van der Waals surface area contributed by atoms with E-state index in [9.17, 15) is 0 Å². The Hall–Kier alpha value is -1.23. The second-order valence-corrected chi connectivity index (χ2v) is 5.45. The summed E-state index contributed by atoms with van der Waals surface area (Å²) >= 11 is 0. The predicted molar refractivity (Wildman–Crippen MR) is 80.4 cm³/mol. The summed E-state index contributed by atoms with van der Waals surface area (Å²) in [6.45, 7) is 10.7. The minimum atomic E-state index is 0.489. The SMILES string of the molecule is CCCn1nc(C)c(N)c1NC1CCCN(CC)C1. The van der Waals surface area contributed by atoms with Crippen LogP contribution >= 0.6 is 0 Å². The van der Waals surface area contributed by atoms with Gasteiger partial charge in [0.15, 0.2) is 0 Å². The normalized spacial score (nSPS) is 20.7. The number of nitrogens with one attached hydrogen (secondary N) is 1. The Morgan fingerprint density at radius 2 is 2.21 bits per heavy atom. The number of aryl methyl sites for hydroxylation is 2. The van der Waals surface area contributed by atoms with Gasteiger partial charge in [0.2, 0.25) is 0 Å². The van der Waals surface area contributed by atoms with Gasteiger partial charge in [-0.1, -0.05) is 13.8 Å². The van der Waals surface area contributed by atoms with Crippen molar-refractivity contribution in [2.75, 3.05) is 30.7 Å². The first-order valence-electron chi connectivity index (χ1n) is 7.47. The van der Waals surface area contributed by atoms with Crippen LogP contribution < -0.4 is 11.1 Å². The number of nitrogens with zero attached hydrogens (tertiary/aromatic N) is 3. The summed E-state index contributed by atoms with van der Waals surface area (Å²) in [6.07, 6.45) is 3.54. The van der Waals surface area contributed by atoms with Crippen molar-refractivity contribution in [3.8, 4) is 0 Å². The second kappa shape index (κ2) is 6.28. The van der Waals surface area contributed by atoms with Crippen molar-refractivity contribution in [2.45, 2.75) is 52.6 Å². The Morgan fingerprint density at radius 3 is 2.89 bits per heavy atom. The number of hydrogen-bond acceptors (Lipinski definition) is 4. The van der Waals surface area contributed by atoms with E-state index in [1.165, 1.54) is 19.4 Å². The quantitative estimate of drug-likeness (QED) is 0.856. The van der Waals surface area contributed by atoms with E-state index in [2.05, 4.69) is 29.2 Å². The molecular formula is C14H27N5. The second-order valence-electron chi connectivity index (χ2n) is 5.45. The van der Waals surface area contributed by atoms with Gasteiger partial charge in [-0.25, -0.2) is 4.68 Å². The summed E-state index contributed by atoms with van der Waals surface area (Å²) in [5.74, 6) is 1.02. The lowest BCUT2D eigenvalue weighted by atomic mass is 10.1. The maximum atomic E-state index is 6.16. The summed E-state index contributed by atoms with van der Waals surface area (Å²) in [5.41, 5.74) is 7.90. The first kappa shape index (κ1) is 14.2. The molecule has 1 unspecified atom stereocenters. The Morgan fingerprint density at radius 1 is 1.42 bits per heavy atom. The minimum absolute atomic E-state index is 0.489. The van der Waals surface area contributed by atoms with Crippen molar-refractivity contribution in [1.29, 1.82) is 0 Å². The Labute approximate surface area is 116 Å². The van der Waals surface area contributed by atoms with Crippen molar-refractivity contribution >= 4 is 11.5 Å². The van der Waals surface area contributed by atoms with Crippen LogP contribution in [-0.2, 0) is 6.54 Å². The van der Waals surface area contributed by atoms with E-state index in [1.54, 1.807) is 0 Å². The molecule has 0 saturated carbocycles. The van der Waals surface area contributed by atoms with Gasteiger partial charge >= 0.3 is 0 Å². The largest absolute Gasteiger partial charge is 0.394 e. The number of aromatic nitrogens is 2. The molecule has 2 rings (SSSR count). The molecule has 1 atom stereocenters. The van der Waals surface area contributed by atoms with E-state index in [4.69, 9.17) is 5.73 Å². The van der Waals surface area contributed by atoms with E-state index < -0.39 is 0 Å². The summed E-state index contributed by atoms with van der Waals surface area (Å²) in [5, 5.41) is 8.14. The van der Waals surface area contributed by atoms with Crippen molar-refractivity contribution in [3.05, 3.63) is 5.69 Å². The maximum absolute atomic E-state index is 6.16. The summed E-state index contributed by atoms with van der Waals surface area (Å²) in [6, 6.07) is 0.489. The summed E-state index contributed by atoms with van der Waals surface area (Å²) in [4.78, 5) is 2.49. The molecule has 0 spiro atoms. The molecule has 1 aliphatic heterocycles. The smallest absolute Gasteiger partial charge is 0.148 e. The van der Waals surface area contributed by atoms with E-state index in [0.717, 1.165) is 43.3 Å². The molecule has 0 amide bonds. The van der Waals surface area contributed by atoms with Crippen LogP contribution in [0, 0.1) is 6.92 Å². The van der Waals surface area contributed by atoms with Gasteiger partial charge in [0.05, 0.1) is 11.4 Å². The molecule has 3 N–H and O–H groups in total. The van der Waals surface area contributed by atoms with E-state index in [1.807, 2.05) is 11.6 Å². The molecule has 19 heavy (non-hydrogen) atoms. The molecule has 0 radical (unpaired) electrons. The maximum Gasteiger partial charge on any atom is 0.148 e. The lowest BCUT2D eigenvalue weighted by Crippen LogP contribution is -2.42. The third-order valence-corrected chi connectivity index (χ3v) is 3.90. The highest BCUT2D eigenvalue weighted by Gasteiger charge is 2.21. The lowest BCUT2D eigenvalue weighted by molar-refractivity contribution is 0.226. The highest BCUT2D eigenvalue weighted by Crippen LogP contribution is 2.25. The van der Waals surface area contributed by atoms with E-state index in [-0.39, 0.29) is 0 Å². The standard InChI is InChI=1S/C14H27N5/c1-4-8-19-14(13(15)11(3)17-19)16-12-7-6-9-18(5-2)10-12/h12,16H,4-10,15H2,1-3H3. The number of likely N-dealkylation sites (tertiary alicyclic amines) is 1. The van der Waals surface area contributed by atoms with Crippen molar-refractivity contribution in [3.63, 3.8) is 0 Å². The first-order chi connectivity index (χ1) is 9.15. The molecule has 1 aromatic rings. The number of anilines is 2. The Kier molecular flexibility index (Phi) is 4.69. The number of nitrogen functional groups attached to an aromatic ring is 1. The zero-order valence-electron chi connectivity index (χ0n) is 12.4. The molecule has 0 aliphatic carbocycles. The third-order valence-electron chi connectivity index (χ3n) is 3.90. The van der Waals surface area contributed by atoms with Gasteiger partial charge in [0.25, 0.3) is 0 Å². The zero-order chi connectivity index (χ0) is 13.8. The van der Waals surface area contributed by atoms with Crippen LogP contribution in [0.3, 0.4) is 0 Å². The van der Waals surface area contributed by atoms with Crippen LogP contribution in [0.2, 0.25) is 0 Å². The minimum Gasteiger partial charge on any atom is -0.394 e. The van der Waals surface area contributed by atoms with Gasteiger partial charge in [-0.3, -0.25) is 0 Å². The fourth-order valence-corrected chi connectivity index (χ4v) is 2.78. The van der Waals surface area contributed by atoms with E-state index >= 15 is 0 Å². The number of rotatable bonds is 5. The predicted octanol–water partition coefficient (Wildman–Crippen LogP) is 2.08. The van der Waals surface area contributed by atoms with Gasteiger partial charge in [0, 0.05) is 19.1 Å². The molecular weight excluding hydrogens is 238 g/mol. The van der Waals surface area contributed by atoms with Crippen LogP contribution in [0.25, 0.3) is 0 Å². The monoisotopic (exact) mass is 265 g/mol. The van der Waals surface area contributed by atoms with Crippen molar-refractivity contribution in [2.24, 2.45) is 0 Å². The van der Waals surface area contributed by atoms with E-state index in [0.29, 0.717) is 6.04 Å². The summed E-state index contributed by atoms with van der Waals surface area (Å²) in [7, 11) is 0. The highest BCUT2D eigenvalue weighted by molar-refractivity contribution is 5.65. The van der Waals surface area contributed by atoms with Crippen molar-refractivity contribution < 1.29 is 0 Å². The Balaban J connectivity index is 2.09. The van der Waals surface area contributed by atoms with Gasteiger partial charge in [-0.15, -0.1) is 0 Å². The highest BCUT2D eigenvalue weighted by atomic mass is 15.3. The number of piperidine rings is 1. The number of hydrogen-bond donors (Lipinski definition) is 2. The molecule has 5 nitrogen and oxygen atoms in total. The van der Waals surface area contributed by atoms with Crippen LogP contribution in [0.15, 0.2) is 0 Å². The molecule has 1 aliphatic rings. The molecule has 1 fully saturated rings. The van der Waals surface area contributed by atoms with Gasteiger partial charge < -0.3 is 16.0 Å². The number of nitrogens with two attached hydrogens (primary N) is 1. The zero-order valence-corrected chi connectivity index (χ0v) is 12.4. The van der Waals surface area contributed by atoms with Crippen LogP contribution in [0.4, 0.5) is 11.5 Å². The molecule has 108 valence electrons. The fourth-order valence-electron chi connectivity index (χ4n) is 2.78. The average Bonchev–Trinajstić information content (AvgIpc) is 2.67. The van der Waals surface area contributed by atoms with Crippen LogP contribution in [-0.4, -0.2) is 40.4 Å². The lowest BCUT2D eigenvalue weighted by Gasteiger charge is -2.33. The summed E-state index contributed by atoms with van der Waals surface area (Å²) < 4.78 is 2.02. The van der Waals surface area contributed by atoms with Gasteiger partial charge in [-0.05, 0) is 39.3 Å². The first-order valence-corrected chi connectivity index (χ1v) is 7.47. The molecule has 2 heterocycles. The average molecular weight is 265 g/mol.